The monoisotopic (exact) mass is 161 g/mol. The highest BCUT2D eigenvalue weighted by Gasteiger charge is 2.13. The van der Waals surface area contributed by atoms with Crippen LogP contribution in [0.4, 0.5) is 5.69 Å². The van der Waals surface area contributed by atoms with Crippen molar-refractivity contribution in [3.63, 3.8) is 0 Å². The minimum absolute atomic E-state index is 0.897. The highest BCUT2D eigenvalue weighted by atomic mass is 16.5. The summed E-state index contributed by atoms with van der Waals surface area (Å²) in [6, 6.07) is 7.87. The van der Waals surface area contributed by atoms with Crippen molar-refractivity contribution in [2.24, 2.45) is 0 Å². The van der Waals surface area contributed by atoms with E-state index in [1.54, 1.807) is 0 Å². The van der Waals surface area contributed by atoms with Gasteiger partial charge in [0.05, 0.1) is 5.69 Å². The molecule has 0 atom stereocenters. The molecule has 0 aliphatic carbocycles. The second-order valence-corrected chi connectivity index (χ2v) is 2.99. The average molecular weight is 161 g/mol. The Morgan fingerprint density at radius 3 is 2.92 bits per heavy atom. The molecule has 0 spiro atoms. The largest absolute Gasteiger partial charge is 0.284 e. The topological polar surface area (TPSA) is 23.5 Å². The summed E-state index contributed by atoms with van der Waals surface area (Å²) in [6.07, 6.45) is 2.93. The fourth-order valence-electron chi connectivity index (χ4n) is 1.42. The van der Waals surface area contributed by atoms with Crippen LogP contribution in [0.1, 0.15) is 12.5 Å². The molecule has 1 aromatic rings. The van der Waals surface area contributed by atoms with Crippen LogP contribution < -0.4 is 5.06 Å². The van der Waals surface area contributed by atoms with E-state index in [-0.39, 0.29) is 0 Å². The van der Waals surface area contributed by atoms with E-state index in [2.05, 4.69) is 0 Å². The van der Waals surface area contributed by atoms with Gasteiger partial charge in [0, 0.05) is 5.70 Å². The average Bonchev–Trinajstić information content (AvgIpc) is 2.12. The lowest BCUT2D eigenvalue weighted by Gasteiger charge is -2.24. The van der Waals surface area contributed by atoms with Gasteiger partial charge in [-0.05, 0) is 25.0 Å². The van der Waals surface area contributed by atoms with E-state index >= 15 is 0 Å². The maximum absolute atomic E-state index is 9.59. The Balaban J connectivity index is 2.49. The number of anilines is 1. The predicted octanol–water partition coefficient (Wildman–Crippen LogP) is 2.34. The molecule has 0 aromatic heterocycles. The molecule has 1 aromatic carbocycles. The van der Waals surface area contributed by atoms with Crippen molar-refractivity contribution in [2.45, 2.75) is 13.3 Å². The Hall–Kier alpha value is -1.28. The molecule has 0 saturated carbocycles. The van der Waals surface area contributed by atoms with Crippen molar-refractivity contribution in [1.82, 2.24) is 0 Å². The molecule has 2 nitrogen and oxygen atoms in total. The van der Waals surface area contributed by atoms with E-state index in [0.717, 1.165) is 17.8 Å². The van der Waals surface area contributed by atoms with Gasteiger partial charge in [-0.1, -0.05) is 24.3 Å². The molecule has 0 fully saturated rings. The van der Waals surface area contributed by atoms with Gasteiger partial charge in [0.15, 0.2) is 0 Å². The predicted molar refractivity (Wildman–Crippen MR) is 48.2 cm³/mol. The van der Waals surface area contributed by atoms with Crippen molar-refractivity contribution in [1.29, 1.82) is 0 Å². The molecule has 0 amide bonds. The minimum Gasteiger partial charge on any atom is -0.284 e. The molecule has 2 heteroatoms. The van der Waals surface area contributed by atoms with Gasteiger partial charge in [-0.2, -0.15) is 0 Å². The highest BCUT2D eigenvalue weighted by molar-refractivity contribution is 5.58. The van der Waals surface area contributed by atoms with E-state index in [0.29, 0.717) is 0 Å². The van der Waals surface area contributed by atoms with Crippen LogP contribution in [-0.4, -0.2) is 5.21 Å². The standard InChI is InChI=1S/C10H11NO/c1-8-6-7-9-4-2-3-5-10(9)11(8)12/h2-6,12H,7H2,1H3. The lowest BCUT2D eigenvalue weighted by atomic mass is 10.1. The summed E-state index contributed by atoms with van der Waals surface area (Å²) < 4.78 is 0. The van der Waals surface area contributed by atoms with Gasteiger partial charge >= 0.3 is 0 Å². The first-order valence-electron chi connectivity index (χ1n) is 4.03. The second kappa shape index (κ2) is 2.64. The van der Waals surface area contributed by atoms with Crippen LogP contribution in [0.25, 0.3) is 0 Å². The number of hydrogen-bond acceptors (Lipinski definition) is 2. The molecule has 0 radical (unpaired) electrons. The van der Waals surface area contributed by atoms with Crippen LogP contribution in [0, 0.1) is 0 Å². The van der Waals surface area contributed by atoms with E-state index in [4.69, 9.17) is 0 Å². The van der Waals surface area contributed by atoms with Crippen molar-refractivity contribution >= 4 is 5.69 Å². The van der Waals surface area contributed by atoms with Crippen molar-refractivity contribution in [3.8, 4) is 0 Å². The summed E-state index contributed by atoms with van der Waals surface area (Å²) in [5, 5.41) is 10.8. The lowest BCUT2D eigenvalue weighted by Crippen LogP contribution is -2.20. The van der Waals surface area contributed by atoms with Gasteiger partial charge in [-0.3, -0.25) is 5.21 Å². The summed E-state index contributed by atoms with van der Waals surface area (Å²) in [4.78, 5) is 0. The molecule has 0 unspecified atom stereocenters. The Morgan fingerprint density at radius 2 is 2.08 bits per heavy atom. The normalized spacial score (nSPS) is 15.5. The van der Waals surface area contributed by atoms with E-state index in [1.165, 1.54) is 10.6 Å². The fraction of sp³-hybridized carbons (Fsp3) is 0.200. The molecule has 1 N–H and O–H groups in total. The van der Waals surface area contributed by atoms with Crippen LogP contribution in [0.2, 0.25) is 0 Å². The van der Waals surface area contributed by atoms with Crippen LogP contribution in [0.15, 0.2) is 36.0 Å². The quantitative estimate of drug-likeness (QED) is 0.631. The third-order valence-electron chi connectivity index (χ3n) is 2.17. The molecular weight excluding hydrogens is 150 g/mol. The zero-order valence-electron chi connectivity index (χ0n) is 6.99. The van der Waals surface area contributed by atoms with Gasteiger partial charge in [0.2, 0.25) is 0 Å². The lowest BCUT2D eigenvalue weighted by molar-refractivity contribution is 0.281. The molecule has 62 valence electrons. The van der Waals surface area contributed by atoms with Crippen LogP contribution in [0.5, 0.6) is 0 Å². The number of hydroxylamine groups is 1. The van der Waals surface area contributed by atoms with Gasteiger partial charge in [0.1, 0.15) is 0 Å². The van der Waals surface area contributed by atoms with Crippen molar-refractivity contribution in [2.75, 3.05) is 5.06 Å². The Labute approximate surface area is 71.7 Å². The first kappa shape index (κ1) is 7.37. The molecule has 0 bridgehead atoms. The third kappa shape index (κ3) is 1.01. The second-order valence-electron chi connectivity index (χ2n) is 2.99. The highest BCUT2D eigenvalue weighted by Crippen LogP contribution is 2.26. The first-order chi connectivity index (χ1) is 5.79. The van der Waals surface area contributed by atoms with Crippen LogP contribution >= 0.6 is 0 Å². The SMILES string of the molecule is CC1=CCc2ccccc2N1O. The van der Waals surface area contributed by atoms with Crippen LogP contribution in [0.3, 0.4) is 0 Å². The molecule has 12 heavy (non-hydrogen) atoms. The van der Waals surface area contributed by atoms with Crippen molar-refractivity contribution < 1.29 is 5.21 Å². The van der Waals surface area contributed by atoms with E-state index < -0.39 is 0 Å². The smallest absolute Gasteiger partial charge is 0.0724 e. The molecule has 1 aliphatic rings. The van der Waals surface area contributed by atoms with Gasteiger partial charge in [-0.15, -0.1) is 0 Å². The van der Waals surface area contributed by atoms with E-state index in [1.807, 2.05) is 37.3 Å². The summed E-state index contributed by atoms with van der Waals surface area (Å²) in [5.41, 5.74) is 2.97. The minimum atomic E-state index is 0.897. The number of para-hydroxylation sites is 1. The summed E-state index contributed by atoms with van der Waals surface area (Å²) in [5.74, 6) is 0. The number of fused-ring (bicyclic) bond motifs is 1. The van der Waals surface area contributed by atoms with Crippen molar-refractivity contribution in [3.05, 3.63) is 41.6 Å². The molecular formula is C10H11NO. The van der Waals surface area contributed by atoms with E-state index in [9.17, 15) is 5.21 Å². The van der Waals surface area contributed by atoms with Gasteiger partial charge < -0.3 is 0 Å². The fourth-order valence-corrected chi connectivity index (χ4v) is 1.42. The number of rotatable bonds is 0. The molecule has 1 heterocycles. The molecule has 0 saturated heterocycles. The molecule has 1 aliphatic heterocycles. The third-order valence-corrected chi connectivity index (χ3v) is 2.17. The summed E-state index contributed by atoms with van der Waals surface area (Å²) in [6.45, 7) is 1.90. The van der Waals surface area contributed by atoms with Gasteiger partial charge in [-0.25, -0.2) is 5.06 Å². The van der Waals surface area contributed by atoms with Crippen LogP contribution in [-0.2, 0) is 6.42 Å². The summed E-state index contributed by atoms with van der Waals surface area (Å²) in [7, 11) is 0. The zero-order valence-corrected chi connectivity index (χ0v) is 6.99. The Kier molecular flexibility index (Phi) is 1.62. The maximum Gasteiger partial charge on any atom is 0.0724 e. The van der Waals surface area contributed by atoms with Gasteiger partial charge in [0.25, 0.3) is 0 Å². The zero-order chi connectivity index (χ0) is 8.55. The number of benzene rings is 1. The number of nitrogens with zero attached hydrogens (tertiary/aromatic N) is 1. The Bertz CT molecular complexity index is 330. The molecule has 2 rings (SSSR count). The number of hydrogen-bond donors (Lipinski definition) is 1. The maximum atomic E-state index is 9.59. The first-order valence-corrected chi connectivity index (χ1v) is 4.03. The Morgan fingerprint density at radius 1 is 1.33 bits per heavy atom. The summed E-state index contributed by atoms with van der Waals surface area (Å²) >= 11 is 0. The number of allylic oxidation sites excluding steroid dienone is 2.